The summed E-state index contributed by atoms with van der Waals surface area (Å²) in [7, 11) is 5.62. The second-order valence-electron chi connectivity index (χ2n) is 6.70. The number of hydrogen-bond acceptors (Lipinski definition) is 5. The number of aryl methyl sites for hydroxylation is 1. The van der Waals surface area contributed by atoms with Crippen LogP contribution in [0.15, 0.2) is 36.5 Å². The summed E-state index contributed by atoms with van der Waals surface area (Å²) in [5.74, 6) is -0.113. The summed E-state index contributed by atoms with van der Waals surface area (Å²) in [4.78, 5) is 17.3. The summed E-state index contributed by atoms with van der Waals surface area (Å²) in [6.45, 7) is 4.54. The quantitative estimate of drug-likeness (QED) is 0.844. The minimum absolute atomic E-state index is 0.113. The first-order valence-electron chi connectivity index (χ1n) is 8.89. The Balaban J connectivity index is 1.66. The largest absolute Gasteiger partial charge is 0.382 e. The van der Waals surface area contributed by atoms with Gasteiger partial charge in [-0.3, -0.25) is 9.48 Å². The van der Waals surface area contributed by atoms with Gasteiger partial charge in [0.15, 0.2) is 0 Å². The Morgan fingerprint density at radius 3 is 2.42 bits per heavy atom. The lowest BCUT2D eigenvalue weighted by Gasteiger charge is -2.34. The third-order valence-electron chi connectivity index (χ3n) is 4.85. The summed E-state index contributed by atoms with van der Waals surface area (Å²) >= 11 is 0. The zero-order chi connectivity index (χ0) is 18.5. The number of anilines is 1. The maximum Gasteiger partial charge on any atom is 0.251 e. The molecule has 1 saturated heterocycles. The van der Waals surface area contributed by atoms with Crippen LogP contribution in [0.1, 0.15) is 22.1 Å². The molecule has 7 heteroatoms. The van der Waals surface area contributed by atoms with Crippen LogP contribution in [-0.4, -0.2) is 67.5 Å². The summed E-state index contributed by atoms with van der Waals surface area (Å²) in [6, 6.07) is 9.47. The summed E-state index contributed by atoms with van der Waals surface area (Å²) in [6.07, 6.45) is 1.72. The lowest BCUT2D eigenvalue weighted by Crippen LogP contribution is -2.44. The average molecular weight is 357 g/mol. The number of nitrogens with one attached hydrogen (secondary N) is 1. The Kier molecular flexibility index (Phi) is 5.90. The second-order valence-corrected chi connectivity index (χ2v) is 6.70. The average Bonchev–Trinajstić information content (AvgIpc) is 3.08. The van der Waals surface area contributed by atoms with E-state index in [2.05, 4.69) is 27.3 Å². The maximum absolute atomic E-state index is 12.7. The van der Waals surface area contributed by atoms with Crippen molar-refractivity contribution in [3.05, 3.63) is 47.8 Å². The van der Waals surface area contributed by atoms with Crippen LogP contribution in [0.4, 0.5) is 5.69 Å². The van der Waals surface area contributed by atoms with Gasteiger partial charge in [-0.1, -0.05) is 0 Å². The molecule has 0 bridgehead atoms. The highest BCUT2D eigenvalue weighted by atomic mass is 16.5. The fourth-order valence-corrected chi connectivity index (χ4v) is 3.22. The molecule has 0 saturated carbocycles. The van der Waals surface area contributed by atoms with Gasteiger partial charge in [0.1, 0.15) is 0 Å². The molecule has 1 fully saturated rings. The van der Waals surface area contributed by atoms with Crippen LogP contribution in [0.5, 0.6) is 0 Å². The van der Waals surface area contributed by atoms with Gasteiger partial charge in [0.25, 0.3) is 5.91 Å². The monoisotopic (exact) mass is 357 g/mol. The van der Waals surface area contributed by atoms with Gasteiger partial charge in [0.2, 0.25) is 0 Å². The number of carbonyl (C=O) groups excluding carboxylic acids is 1. The van der Waals surface area contributed by atoms with E-state index in [0.29, 0.717) is 12.2 Å². The number of benzene rings is 1. The van der Waals surface area contributed by atoms with Gasteiger partial charge in [-0.05, 0) is 37.4 Å². The maximum atomic E-state index is 12.7. The van der Waals surface area contributed by atoms with Crippen molar-refractivity contribution < 1.29 is 9.53 Å². The van der Waals surface area contributed by atoms with Gasteiger partial charge in [0.05, 0.1) is 18.3 Å². The highest BCUT2D eigenvalue weighted by Gasteiger charge is 2.19. The number of nitrogens with zero attached hydrogens (tertiary/aromatic N) is 4. The highest BCUT2D eigenvalue weighted by Crippen LogP contribution is 2.18. The molecule has 1 atom stereocenters. The van der Waals surface area contributed by atoms with E-state index in [-0.39, 0.29) is 11.9 Å². The van der Waals surface area contributed by atoms with Gasteiger partial charge in [-0.2, -0.15) is 5.10 Å². The molecule has 2 heterocycles. The molecule has 1 aromatic carbocycles. The second kappa shape index (κ2) is 8.33. The van der Waals surface area contributed by atoms with Crippen molar-refractivity contribution >= 4 is 11.6 Å². The Labute approximate surface area is 154 Å². The van der Waals surface area contributed by atoms with Crippen LogP contribution in [0.2, 0.25) is 0 Å². The number of aromatic nitrogens is 2. The molecular weight excluding hydrogens is 330 g/mol. The molecule has 7 nitrogen and oxygen atoms in total. The van der Waals surface area contributed by atoms with Crippen molar-refractivity contribution in [2.45, 2.75) is 6.04 Å². The van der Waals surface area contributed by atoms with Crippen molar-refractivity contribution in [3.63, 3.8) is 0 Å². The number of rotatable bonds is 6. The van der Waals surface area contributed by atoms with E-state index >= 15 is 0 Å². The first-order chi connectivity index (χ1) is 12.6. The van der Waals surface area contributed by atoms with Crippen LogP contribution in [0.25, 0.3) is 0 Å². The minimum Gasteiger partial charge on any atom is -0.382 e. The van der Waals surface area contributed by atoms with E-state index in [4.69, 9.17) is 4.74 Å². The van der Waals surface area contributed by atoms with Gasteiger partial charge in [0, 0.05) is 57.8 Å². The van der Waals surface area contributed by atoms with Gasteiger partial charge < -0.3 is 19.9 Å². The molecule has 3 rings (SSSR count). The predicted octanol–water partition coefficient (Wildman–Crippen LogP) is 1.29. The number of hydrogen-bond donors (Lipinski definition) is 1. The van der Waals surface area contributed by atoms with Crippen LogP contribution in [0, 0.1) is 0 Å². The molecular formula is C19H27N5O2. The molecule has 1 aromatic heterocycles. The first-order valence-corrected chi connectivity index (χ1v) is 8.89. The SMILES string of the molecule is COCC(NC(=O)c1ccc(N2CCN(C)CC2)cc1)c1ccnn1C. The fraction of sp³-hybridized carbons (Fsp3) is 0.474. The van der Waals surface area contributed by atoms with Crippen molar-refractivity contribution in [2.75, 3.05) is 51.8 Å². The molecule has 0 radical (unpaired) electrons. The van der Waals surface area contributed by atoms with Crippen molar-refractivity contribution in [1.82, 2.24) is 20.0 Å². The first kappa shape index (κ1) is 18.4. The number of carbonyl (C=O) groups is 1. The normalized spacial score (nSPS) is 16.5. The third kappa shape index (κ3) is 4.23. The number of ether oxygens (including phenoxy) is 1. The topological polar surface area (TPSA) is 62.6 Å². The van der Waals surface area contributed by atoms with E-state index < -0.39 is 0 Å². The molecule has 1 N–H and O–H groups in total. The zero-order valence-electron chi connectivity index (χ0n) is 15.7. The Hall–Kier alpha value is -2.38. The van der Waals surface area contributed by atoms with Gasteiger partial charge in [-0.15, -0.1) is 0 Å². The summed E-state index contributed by atoms with van der Waals surface area (Å²) < 4.78 is 7.01. The van der Waals surface area contributed by atoms with Crippen LogP contribution in [-0.2, 0) is 11.8 Å². The van der Waals surface area contributed by atoms with Gasteiger partial charge >= 0.3 is 0 Å². The fourth-order valence-electron chi connectivity index (χ4n) is 3.22. The number of methoxy groups -OCH3 is 1. The molecule has 0 aliphatic carbocycles. The Bertz CT molecular complexity index is 720. The van der Waals surface area contributed by atoms with E-state index in [1.165, 1.54) is 0 Å². The van der Waals surface area contributed by atoms with Crippen molar-refractivity contribution in [1.29, 1.82) is 0 Å². The summed E-state index contributed by atoms with van der Waals surface area (Å²) in [5.41, 5.74) is 2.72. The molecule has 2 aromatic rings. The standard InChI is InChI=1S/C19H27N5O2/c1-22-10-12-24(13-11-22)16-6-4-15(5-7-16)19(25)21-17(14-26-3)18-8-9-20-23(18)2/h4-9,17H,10-14H2,1-3H3,(H,21,25). The molecule has 1 aliphatic heterocycles. The molecule has 1 aliphatic rings. The zero-order valence-corrected chi connectivity index (χ0v) is 15.7. The van der Waals surface area contributed by atoms with Crippen LogP contribution in [0.3, 0.4) is 0 Å². The molecule has 1 unspecified atom stereocenters. The number of piperazine rings is 1. The molecule has 140 valence electrons. The smallest absolute Gasteiger partial charge is 0.251 e. The lowest BCUT2D eigenvalue weighted by molar-refractivity contribution is 0.0892. The van der Waals surface area contributed by atoms with Crippen LogP contribution >= 0.6 is 0 Å². The van der Waals surface area contributed by atoms with Crippen LogP contribution < -0.4 is 10.2 Å². The Morgan fingerprint density at radius 1 is 1.15 bits per heavy atom. The number of likely N-dealkylation sites (N-methyl/N-ethyl adjacent to an activating group) is 1. The van der Waals surface area contributed by atoms with Gasteiger partial charge in [-0.25, -0.2) is 0 Å². The van der Waals surface area contributed by atoms with E-state index in [1.54, 1.807) is 18.0 Å². The predicted molar refractivity (Wildman–Crippen MR) is 101 cm³/mol. The minimum atomic E-state index is -0.239. The van der Waals surface area contributed by atoms with E-state index in [0.717, 1.165) is 37.6 Å². The number of amides is 1. The molecule has 26 heavy (non-hydrogen) atoms. The van der Waals surface area contributed by atoms with Crippen molar-refractivity contribution in [2.24, 2.45) is 7.05 Å². The summed E-state index contributed by atoms with van der Waals surface area (Å²) in [5, 5.41) is 7.21. The van der Waals surface area contributed by atoms with E-state index in [1.807, 2.05) is 37.4 Å². The van der Waals surface area contributed by atoms with E-state index in [9.17, 15) is 4.79 Å². The third-order valence-corrected chi connectivity index (χ3v) is 4.85. The Morgan fingerprint density at radius 2 is 1.85 bits per heavy atom. The molecule has 0 spiro atoms. The lowest BCUT2D eigenvalue weighted by atomic mass is 10.1. The van der Waals surface area contributed by atoms with Crippen molar-refractivity contribution in [3.8, 4) is 0 Å². The molecule has 1 amide bonds. The highest BCUT2D eigenvalue weighted by molar-refractivity contribution is 5.94.